The number of benzene rings is 1. The summed E-state index contributed by atoms with van der Waals surface area (Å²) in [6, 6.07) is 15.8. The summed E-state index contributed by atoms with van der Waals surface area (Å²) < 4.78 is 1.69. The summed E-state index contributed by atoms with van der Waals surface area (Å²) in [5, 5.41) is 22.0. The van der Waals surface area contributed by atoms with Gasteiger partial charge in [-0.25, -0.2) is 4.68 Å². The maximum absolute atomic E-state index is 9.27. The van der Waals surface area contributed by atoms with E-state index in [4.69, 9.17) is 0 Å². The molecule has 25 heavy (non-hydrogen) atoms. The number of nitriles is 1. The molecule has 0 unspecified atom stereocenters. The van der Waals surface area contributed by atoms with Gasteiger partial charge in [0.25, 0.3) is 0 Å². The van der Waals surface area contributed by atoms with Crippen LogP contribution < -0.4 is 9.80 Å². The Balaban J connectivity index is 1.44. The van der Waals surface area contributed by atoms with Crippen molar-refractivity contribution in [3.8, 4) is 11.9 Å². The zero-order valence-electron chi connectivity index (χ0n) is 13.7. The monoisotopic (exact) mass is 331 g/mol. The molecule has 0 saturated carbocycles. The average molecular weight is 331 g/mol. The van der Waals surface area contributed by atoms with Crippen molar-refractivity contribution in [2.24, 2.45) is 0 Å². The molecule has 0 atom stereocenters. The van der Waals surface area contributed by atoms with Crippen LogP contribution in [0.15, 0.2) is 54.9 Å². The van der Waals surface area contributed by atoms with Crippen molar-refractivity contribution >= 4 is 11.5 Å². The van der Waals surface area contributed by atoms with Crippen molar-refractivity contribution in [1.29, 1.82) is 5.26 Å². The molecule has 1 fully saturated rings. The minimum absolute atomic E-state index is 0.704. The van der Waals surface area contributed by atoms with E-state index in [1.54, 1.807) is 10.9 Å². The van der Waals surface area contributed by atoms with Crippen molar-refractivity contribution in [2.75, 3.05) is 36.0 Å². The molecule has 1 aromatic carbocycles. The number of anilines is 2. The Morgan fingerprint density at radius 2 is 1.56 bits per heavy atom. The fraction of sp³-hybridized carbons (Fsp3) is 0.222. The number of nitrogens with zero attached hydrogens (tertiary/aromatic N) is 7. The molecule has 1 aliphatic rings. The lowest BCUT2D eigenvalue weighted by molar-refractivity contribution is 0.642. The third-order valence-corrected chi connectivity index (χ3v) is 4.34. The minimum atomic E-state index is 0.704. The van der Waals surface area contributed by atoms with Gasteiger partial charge in [0.2, 0.25) is 0 Å². The van der Waals surface area contributed by atoms with Crippen molar-refractivity contribution in [3.63, 3.8) is 0 Å². The summed E-state index contributed by atoms with van der Waals surface area (Å²) in [5.74, 6) is 1.57. The molecule has 0 spiro atoms. The predicted octanol–water partition coefficient (Wildman–Crippen LogP) is 1.86. The quantitative estimate of drug-likeness (QED) is 0.729. The van der Waals surface area contributed by atoms with Crippen LogP contribution >= 0.6 is 0 Å². The van der Waals surface area contributed by atoms with Crippen LogP contribution in [0.2, 0.25) is 0 Å². The molecule has 3 aromatic rings. The highest BCUT2D eigenvalue weighted by atomic mass is 15.4. The van der Waals surface area contributed by atoms with Crippen LogP contribution in [-0.2, 0) is 0 Å². The zero-order chi connectivity index (χ0) is 17.1. The maximum atomic E-state index is 9.27. The highest BCUT2D eigenvalue weighted by Crippen LogP contribution is 2.22. The first-order valence-electron chi connectivity index (χ1n) is 8.18. The largest absolute Gasteiger partial charge is 0.367 e. The van der Waals surface area contributed by atoms with Crippen molar-refractivity contribution in [1.82, 2.24) is 20.0 Å². The van der Waals surface area contributed by atoms with Crippen LogP contribution in [0, 0.1) is 11.3 Å². The van der Waals surface area contributed by atoms with Gasteiger partial charge < -0.3 is 9.80 Å². The molecule has 0 N–H and O–H groups in total. The second kappa shape index (κ2) is 6.61. The normalized spacial score (nSPS) is 14.4. The van der Waals surface area contributed by atoms with Crippen molar-refractivity contribution in [3.05, 3.63) is 60.4 Å². The van der Waals surface area contributed by atoms with Crippen LogP contribution in [0.4, 0.5) is 11.5 Å². The van der Waals surface area contributed by atoms with E-state index in [0.29, 0.717) is 5.82 Å². The third-order valence-electron chi connectivity index (χ3n) is 4.34. The van der Waals surface area contributed by atoms with Crippen LogP contribution in [0.25, 0.3) is 5.82 Å². The Kier molecular flexibility index (Phi) is 4.01. The lowest BCUT2D eigenvalue weighted by atomic mass is 10.1. The van der Waals surface area contributed by atoms with Gasteiger partial charge in [-0.3, -0.25) is 0 Å². The molecular formula is C18H17N7. The summed E-state index contributed by atoms with van der Waals surface area (Å²) in [5.41, 5.74) is 1.73. The maximum Gasteiger partial charge on any atom is 0.175 e. The molecule has 7 heteroatoms. The zero-order valence-corrected chi connectivity index (χ0v) is 13.7. The molecule has 1 saturated heterocycles. The number of aromatic nitrogens is 4. The van der Waals surface area contributed by atoms with Gasteiger partial charge in [-0.2, -0.15) is 10.4 Å². The van der Waals surface area contributed by atoms with E-state index in [-0.39, 0.29) is 0 Å². The SMILES string of the molecule is N#Cc1ccccc1N1CCN(c2ccc(-n3cccn3)nn2)CC1. The molecule has 1 aliphatic heterocycles. The van der Waals surface area contributed by atoms with Crippen LogP contribution in [0.1, 0.15) is 5.56 Å². The highest BCUT2D eigenvalue weighted by Gasteiger charge is 2.20. The third kappa shape index (κ3) is 3.02. The number of piperazine rings is 1. The van der Waals surface area contributed by atoms with E-state index < -0.39 is 0 Å². The second-order valence-corrected chi connectivity index (χ2v) is 5.80. The number of rotatable bonds is 3. The van der Waals surface area contributed by atoms with Gasteiger partial charge in [0.05, 0.1) is 11.3 Å². The summed E-state index contributed by atoms with van der Waals surface area (Å²) in [7, 11) is 0. The van der Waals surface area contributed by atoms with Crippen molar-refractivity contribution in [2.45, 2.75) is 0 Å². The molecule has 7 nitrogen and oxygen atoms in total. The van der Waals surface area contributed by atoms with E-state index in [1.807, 2.05) is 48.7 Å². The molecular weight excluding hydrogens is 314 g/mol. The number of hydrogen-bond acceptors (Lipinski definition) is 6. The first-order chi connectivity index (χ1) is 12.3. The van der Waals surface area contributed by atoms with Crippen LogP contribution in [0.5, 0.6) is 0 Å². The Labute approximate surface area is 145 Å². The first-order valence-corrected chi connectivity index (χ1v) is 8.18. The smallest absolute Gasteiger partial charge is 0.175 e. The van der Waals surface area contributed by atoms with Gasteiger partial charge in [0.15, 0.2) is 11.6 Å². The lowest BCUT2D eigenvalue weighted by Gasteiger charge is -2.36. The number of para-hydroxylation sites is 1. The Hall–Kier alpha value is -3.40. The van der Waals surface area contributed by atoms with Gasteiger partial charge >= 0.3 is 0 Å². The van der Waals surface area contributed by atoms with Crippen LogP contribution in [0.3, 0.4) is 0 Å². The Bertz CT molecular complexity index is 873. The topological polar surface area (TPSA) is 73.9 Å². The highest BCUT2D eigenvalue weighted by molar-refractivity contribution is 5.60. The minimum Gasteiger partial charge on any atom is -0.367 e. The summed E-state index contributed by atoms with van der Waals surface area (Å²) in [6.45, 7) is 3.38. The second-order valence-electron chi connectivity index (χ2n) is 5.80. The molecule has 4 rings (SSSR count). The van der Waals surface area contributed by atoms with Crippen LogP contribution in [-0.4, -0.2) is 46.2 Å². The molecule has 0 aliphatic carbocycles. The van der Waals surface area contributed by atoms with E-state index in [0.717, 1.165) is 43.2 Å². The van der Waals surface area contributed by atoms with Gasteiger partial charge in [-0.05, 0) is 30.3 Å². The summed E-state index contributed by atoms with van der Waals surface area (Å²) in [4.78, 5) is 4.46. The predicted molar refractivity (Wildman–Crippen MR) is 94.7 cm³/mol. The Morgan fingerprint density at radius 1 is 0.840 bits per heavy atom. The molecule has 0 bridgehead atoms. The van der Waals surface area contributed by atoms with E-state index in [9.17, 15) is 5.26 Å². The van der Waals surface area contributed by atoms with Crippen molar-refractivity contribution < 1.29 is 0 Å². The molecule has 3 heterocycles. The Morgan fingerprint density at radius 3 is 2.24 bits per heavy atom. The summed E-state index contributed by atoms with van der Waals surface area (Å²) >= 11 is 0. The van der Waals surface area contributed by atoms with Gasteiger partial charge in [0, 0.05) is 38.6 Å². The standard InChI is InChI=1S/C18H17N7/c19-14-15-4-1-2-5-16(15)23-10-12-24(13-11-23)17-6-7-18(22-21-17)25-9-3-8-20-25/h1-9H,10-13H2. The lowest BCUT2D eigenvalue weighted by Crippen LogP contribution is -2.47. The molecule has 2 aromatic heterocycles. The van der Waals surface area contributed by atoms with E-state index >= 15 is 0 Å². The number of hydrogen-bond donors (Lipinski definition) is 0. The fourth-order valence-corrected chi connectivity index (χ4v) is 3.03. The molecule has 0 radical (unpaired) electrons. The summed E-state index contributed by atoms with van der Waals surface area (Å²) in [6.07, 6.45) is 3.56. The first kappa shape index (κ1) is 15.1. The fourth-order valence-electron chi connectivity index (χ4n) is 3.03. The molecule has 0 amide bonds. The van der Waals surface area contributed by atoms with E-state index in [2.05, 4.69) is 31.2 Å². The van der Waals surface area contributed by atoms with E-state index in [1.165, 1.54) is 0 Å². The van der Waals surface area contributed by atoms with Gasteiger partial charge in [0.1, 0.15) is 6.07 Å². The van der Waals surface area contributed by atoms with Gasteiger partial charge in [-0.15, -0.1) is 10.2 Å². The molecule has 124 valence electrons. The average Bonchev–Trinajstić information content (AvgIpc) is 3.23. The van der Waals surface area contributed by atoms with Gasteiger partial charge in [-0.1, -0.05) is 12.1 Å².